The van der Waals surface area contributed by atoms with Crippen molar-refractivity contribution >= 4 is 54.1 Å². The number of fused-ring (bicyclic) bond motifs is 4. The average Bonchev–Trinajstić information content (AvgIpc) is 3.04. The number of rotatable bonds is 2. The predicted molar refractivity (Wildman–Crippen MR) is 112 cm³/mol. The van der Waals surface area contributed by atoms with E-state index in [0.29, 0.717) is 17.7 Å². The van der Waals surface area contributed by atoms with Gasteiger partial charge in [-0.25, -0.2) is 0 Å². The summed E-state index contributed by atoms with van der Waals surface area (Å²) in [5.74, 6) is -0.422. The van der Waals surface area contributed by atoms with Crippen LogP contribution in [0.2, 0.25) is 0 Å². The molecule has 4 heteroatoms. The monoisotopic (exact) mass is 371 g/mol. The Morgan fingerprint density at radius 3 is 2.48 bits per heavy atom. The second-order valence-electron chi connectivity index (χ2n) is 7.13. The standard InChI is InChI=1S/C23H17NO2S/c1-13(2)10-11-24-22(25)16-8-5-7-15-20(16)18(23(24)26)12-17-14-6-3-4-9-19(14)27-21(15)17/h3-10,12H,11H2,1-2H3. The molecule has 0 atom stereocenters. The molecule has 132 valence electrons. The van der Waals surface area contributed by atoms with Gasteiger partial charge in [-0.1, -0.05) is 42.0 Å². The Morgan fingerprint density at radius 2 is 1.67 bits per heavy atom. The quantitative estimate of drug-likeness (QED) is 0.331. The lowest BCUT2D eigenvalue weighted by atomic mass is 9.92. The van der Waals surface area contributed by atoms with Crippen LogP contribution >= 0.6 is 11.3 Å². The fraction of sp³-hybridized carbons (Fsp3) is 0.130. The third-order valence-corrected chi connectivity index (χ3v) is 6.35. The van der Waals surface area contributed by atoms with Gasteiger partial charge in [0.25, 0.3) is 11.8 Å². The van der Waals surface area contributed by atoms with Gasteiger partial charge in [-0.3, -0.25) is 14.5 Å². The largest absolute Gasteiger partial charge is 0.270 e. The molecule has 2 amide bonds. The third-order valence-electron chi connectivity index (χ3n) is 5.13. The number of carbonyl (C=O) groups excluding carboxylic acids is 2. The van der Waals surface area contributed by atoms with Gasteiger partial charge < -0.3 is 0 Å². The maximum absolute atomic E-state index is 13.2. The van der Waals surface area contributed by atoms with Gasteiger partial charge in [0.15, 0.2) is 0 Å². The van der Waals surface area contributed by atoms with Crippen molar-refractivity contribution in [2.45, 2.75) is 13.8 Å². The van der Waals surface area contributed by atoms with Gasteiger partial charge >= 0.3 is 0 Å². The van der Waals surface area contributed by atoms with Gasteiger partial charge in [-0.2, -0.15) is 0 Å². The third kappa shape index (κ3) is 2.26. The normalized spacial score (nSPS) is 13.8. The molecule has 0 fully saturated rings. The number of thiophene rings is 1. The molecule has 1 aromatic heterocycles. The molecule has 0 saturated carbocycles. The van der Waals surface area contributed by atoms with Crippen molar-refractivity contribution in [2.75, 3.05) is 6.54 Å². The van der Waals surface area contributed by atoms with Gasteiger partial charge in [0.05, 0.1) is 0 Å². The van der Waals surface area contributed by atoms with Gasteiger partial charge in [0.2, 0.25) is 0 Å². The number of amides is 2. The molecular weight excluding hydrogens is 354 g/mol. The number of benzene rings is 3. The Bertz CT molecular complexity index is 1310. The van der Waals surface area contributed by atoms with E-state index < -0.39 is 0 Å². The minimum atomic E-state index is -0.212. The van der Waals surface area contributed by atoms with E-state index in [1.165, 1.54) is 9.60 Å². The van der Waals surface area contributed by atoms with Crippen molar-refractivity contribution in [2.24, 2.45) is 0 Å². The topological polar surface area (TPSA) is 37.4 Å². The van der Waals surface area contributed by atoms with Crippen LogP contribution in [0, 0.1) is 0 Å². The smallest absolute Gasteiger partial charge is 0.261 e. The highest BCUT2D eigenvalue weighted by molar-refractivity contribution is 7.26. The van der Waals surface area contributed by atoms with Crippen LogP contribution in [0.5, 0.6) is 0 Å². The molecule has 1 aliphatic rings. The molecule has 0 N–H and O–H groups in total. The second kappa shape index (κ2) is 5.76. The Hall–Kier alpha value is -2.98. The average molecular weight is 371 g/mol. The molecule has 27 heavy (non-hydrogen) atoms. The van der Waals surface area contributed by atoms with Gasteiger partial charge in [-0.05, 0) is 32.0 Å². The Kier molecular flexibility index (Phi) is 3.46. The molecule has 0 radical (unpaired) electrons. The summed E-state index contributed by atoms with van der Waals surface area (Å²) in [4.78, 5) is 27.6. The highest BCUT2D eigenvalue weighted by Crippen LogP contribution is 2.42. The molecule has 0 aliphatic carbocycles. The molecular formula is C23H17NO2S. The summed E-state index contributed by atoms with van der Waals surface area (Å²) in [6.07, 6.45) is 1.92. The first-order chi connectivity index (χ1) is 13.1. The zero-order chi connectivity index (χ0) is 18.7. The predicted octanol–water partition coefficient (Wildman–Crippen LogP) is 5.77. The summed E-state index contributed by atoms with van der Waals surface area (Å²) in [6.45, 7) is 4.24. The van der Waals surface area contributed by atoms with Crippen molar-refractivity contribution in [1.82, 2.24) is 4.90 Å². The summed E-state index contributed by atoms with van der Waals surface area (Å²) in [5.41, 5.74) is 2.32. The molecule has 1 aliphatic heterocycles. The lowest BCUT2D eigenvalue weighted by Crippen LogP contribution is -2.40. The second-order valence-corrected chi connectivity index (χ2v) is 8.18. The molecule has 4 aromatic rings. The van der Waals surface area contributed by atoms with E-state index in [-0.39, 0.29) is 11.8 Å². The SMILES string of the molecule is CC(C)=CCN1C(=O)c2cccc3c2c(cc2c4ccccc4sc32)C1=O. The Balaban J connectivity index is 1.87. The zero-order valence-electron chi connectivity index (χ0n) is 15.1. The van der Waals surface area contributed by atoms with E-state index in [1.807, 2.05) is 56.3 Å². The number of allylic oxidation sites excluding steroid dienone is 1. The van der Waals surface area contributed by atoms with Crippen LogP contribution in [0.1, 0.15) is 34.6 Å². The summed E-state index contributed by atoms with van der Waals surface area (Å²) in [7, 11) is 0. The van der Waals surface area contributed by atoms with Crippen LogP contribution in [0.15, 0.2) is 60.2 Å². The zero-order valence-corrected chi connectivity index (χ0v) is 15.9. The van der Waals surface area contributed by atoms with E-state index in [1.54, 1.807) is 11.3 Å². The van der Waals surface area contributed by atoms with Crippen LogP contribution in [0.4, 0.5) is 0 Å². The van der Waals surface area contributed by atoms with E-state index in [9.17, 15) is 9.59 Å². The van der Waals surface area contributed by atoms with Gasteiger partial charge in [0, 0.05) is 48.6 Å². The van der Waals surface area contributed by atoms with E-state index in [4.69, 9.17) is 0 Å². The van der Waals surface area contributed by atoms with Gasteiger partial charge in [0.1, 0.15) is 0 Å². The highest BCUT2D eigenvalue weighted by atomic mass is 32.1. The van der Waals surface area contributed by atoms with Crippen LogP contribution in [0.3, 0.4) is 0 Å². The molecule has 0 unspecified atom stereocenters. The lowest BCUT2D eigenvalue weighted by Gasteiger charge is -2.26. The first-order valence-electron chi connectivity index (χ1n) is 8.93. The maximum Gasteiger partial charge on any atom is 0.261 e. The Labute approximate surface area is 160 Å². The highest BCUT2D eigenvalue weighted by Gasteiger charge is 2.33. The van der Waals surface area contributed by atoms with Crippen molar-refractivity contribution in [3.63, 3.8) is 0 Å². The van der Waals surface area contributed by atoms with Crippen LogP contribution in [-0.4, -0.2) is 23.3 Å². The molecule has 3 aromatic carbocycles. The van der Waals surface area contributed by atoms with Crippen molar-refractivity contribution in [3.8, 4) is 0 Å². The van der Waals surface area contributed by atoms with Crippen molar-refractivity contribution in [1.29, 1.82) is 0 Å². The molecule has 5 rings (SSSR count). The number of imide groups is 1. The fourth-order valence-electron chi connectivity index (χ4n) is 3.83. The summed E-state index contributed by atoms with van der Waals surface area (Å²) in [6, 6.07) is 16.0. The molecule has 0 saturated heterocycles. The number of carbonyl (C=O) groups is 2. The van der Waals surface area contributed by atoms with Gasteiger partial charge in [-0.15, -0.1) is 11.3 Å². The van der Waals surface area contributed by atoms with Crippen molar-refractivity contribution in [3.05, 3.63) is 71.3 Å². The first-order valence-corrected chi connectivity index (χ1v) is 9.74. The van der Waals surface area contributed by atoms with Crippen LogP contribution < -0.4 is 0 Å². The number of hydrogen-bond donors (Lipinski definition) is 0. The van der Waals surface area contributed by atoms with Crippen molar-refractivity contribution < 1.29 is 9.59 Å². The van der Waals surface area contributed by atoms with Crippen LogP contribution in [-0.2, 0) is 0 Å². The number of nitrogens with zero attached hydrogens (tertiary/aromatic N) is 1. The molecule has 3 nitrogen and oxygen atoms in total. The minimum Gasteiger partial charge on any atom is -0.270 e. The van der Waals surface area contributed by atoms with Crippen LogP contribution in [0.25, 0.3) is 30.9 Å². The summed E-state index contributed by atoms with van der Waals surface area (Å²) in [5, 5.41) is 4.02. The molecule has 0 spiro atoms. The Morgan fingerprint density at radius 1 is 0.926 bits per heavy atom. The fourth-order valence-corrected chi connectivity index (χ4v) is 5.04. The summed E-state index contributed by atoms with van der Waals surface area (Å²) < 4.78 is 2.32. The lowest BCUT2D eigenvalue weighted by molar-refractivity contribution is 0.0629. The first kappa shape index (κ1) is 16.2. The molecule has 2 heterocycles. The summed E-state index contributed by atoms with van der Waals surface area (Å²) >= 11 is 1.71. The maximum atomic E-state index is 13.2. The minimum absolute atomic E-state index is 0.210. The van der Waals surface area contributed by atoms with E-state index in [0.717, 1.165) is 31.8 Å². The number of hydrogen-bond acceptors (Lipinski definition) is 3. The van der Waals surface area contributed by atoms with E-state index in [2.05, 4.69) is 12.1 Å². The molecule has 0 bridgehead atoms. The van der Waals surface area contributed by atoms with E-state index >= 15 is 0 Å².